The van der Waals surface area contributed by atoms with Gasteiger partial charge >= 0.3 is 0 Å². The molecule has 1 N–H and O–H groups in total. The molecule has 0 unspecified atom stereocenters. The number of amides is 1. The number of anilines is 1. The lowest BCUT2D eigenvalue weighted by Gasteiger charge is -2.28. The summed E-state index contributed by atoms with van der Waals surface area (Å²) in [5.74, 6) is 2.70. The predicted molar refractivity (Wildman–Crippen MR) is 122 cm³/mol. The summed E-state index contributed by atoms with van der Waals surface area (Å²) in [4.78, 5) is 24.3. The predicted octanol–water partition coefficient (Wildman–Crippen LogP) is 4.02. The van der Waals surface area contributed by atoms with Crippen molar-refractivity contribution >= 4 is 34.5 Å². The highest BCUT2D eigenvalue weighted by Gasteiger charge is 2.20. The number of fused-ring (bicyclic) bond motifs is 1. The molecular formula is C22H34N6OS. The topological polar surface area (TPSA) is 75.9 Å². The molecule has 3 heterocycles. The van der Waals surface area contributed by atoms with Crippen LogP contribution in [0.1, 0.15) is 64.7 Å². The molecule has 1 aliphatic carbocycles. The Morgan fingerprint density at radius 2 is 1.90 bits per heavy atom. The number of hydrogen-bond acceptors (Lipinski definition) is 6. The molecule has 1 saturated carbocycles. The third-order valence-corrected chi connectivity index (χ3v) is 6.96. The molecule has 4 rings (SSSR count). The quantitative estimate of drug-likeness (QED) is 0.504. The fourth-order valence-electron chi connectivity index (χ4n) is 4.65. The minimum absolute atomic E-state index is 0.171. The summed E-state index contributed by atoms with van der Waals surface area (Å²) in [6, 6.07) is 0. The Bertz CT molecular complexity index is 842. The molecule has 164 valence electrons. The molecule has 2 fully saturated rings. The molecular weight excluding hydrogens is 396 g/mol. The van der Waals surface area contributed by atoms with Crippen LogP contribution in [0.3, 0.4) is 0 Å². The summed E-state index contributed by atoms with van der Waals surface area (Å²) in [6.45, 7) is 5.43. The third kappa shape index (κ3) is 5.25. The van der Waals surface area contributed by atoms with Gasteiger partial charge in [0, 0.05) is 26.1 Å². The lowest BCUT2D eigenvalue weighted by molar-refractivity contribution is -0.122. The molecule has 2 aromatic rings. The number of nitrogens with one attached hydrogen (secondary N) is 1. The molecule has 30 heavy (non-hydrogen) atoms. The molecule has 1 aliphatic heterocycles. The average molecular weight is 431 g/mol. The van der Waals surface area contributed by atoms with Gasteiger partial charge in [-0.1, -0.05) is 37.9 Å². The normalized spacial score (nSPS) is 18.1. The molecule has 0 spiro atoms. The molecule has 0 bridgehead atoms. The fourth-order valence-corrected chi connectivity index (χ4v) is 5.21. The first kappa shape index (κ1) is 21.4. The van der Waals surface area contributed by atoms with E-state index in [9.17, 15) is 4.79 Å². The summed E-state index contributed by atoms with van der Waals surface area (Å²) < 4.78 is 1.92. The first-order chi connectivity index (χ1) is 14.7. The standard InChI is InChI=1S/C22H34N6OS/c1-2-30-22-25-20(27-12-7-4-8-13-27)18-16-24-28(21(18)26-22)14-11-23-19(29)15-17-9-5-3-6-10-17/h16-17H,2-15H2,1H3,(H,23,29). The van der Waals surface area contributed by atoms with Crippen LogP contribution in [0.25, 0.3) is 11.0 Å². The van der Waals surface area contributed by atoms with Crippen LogP contribution in [-0.4, -0.2) is 51.0 Å². The maximum Gasteiger partial charge on any atom is 0.220 e. The van der Waals surface area contributed by atoms with Gasteiger partial charge in [-0.15, -0.1) is 0 Å². The molecule has 0 aromatic carbocycles. The largest absolute Gasteiger partial charge is 0.356 e. The van der Waals surface area contributed by atoms with Crippen molar-refractivity contribution in [1.82, 2.24) is 25.1 Å². The van der Waals surface area contributed by atoms with Crippen LogP contribution in [0.5, 0.6) is 0 Å². The van der Waals surface area contributed by atoms with Crippen molar-refractivity contribution in [2.75, 3.05) is 30.3 Å². The van der Waals surface area contributed by atoms with Crippen molar-refractivity contribution in [3.8, 4) is 0 Å². The lowest BCUT2D eigenvalue weighted by Crippen LogP contribution is -2.30. The minimum Gasteiger partial charge on any atom is -0.356 e. The molecule has 2 aliphatic rings. The van der Waals surface area contributed by atoms with Crippen molar-refractivity contribution in [2.24, 2.45) is 5.92 Å². The monoisotopic (exact) mass is 430 g/mol. The Labute approximate surface area is 183 Å². The van der Waals surface area contributed by atoms with Crippen LogP contribution >= 0.6 is 11.8 Å². The van der Waals surface area contributed by atoms with E-state index in [0.29, 0.717) is 25.4 Å². The SMILES string of the molecule is CCSc1nc(N2CCCCC2)c2cnn(CCNC(=O)CC3CCCCC3)c2n1. The number of hydrogen-bond donors (Lipinski definition) is 1. The highest BCUT2D eigenvalue weighted by molar-refractivity contribution is 7.99. The highest BCUT2D eigenvalue weighted by Crippen LogP contribution is 2.29. The van der Waals surface area contributed by atoms with Gasteiger partial charge in [-0.05, 0) is 43.8 Å². The third-order valence-electron chi connectivity index (χ3n) is 6.23. The van der Waals surface area contributed by atoms with Crippen molar-refractivity contribution < 1.29 is 4.79 Å². The molecule has 1 amide bonds. The van der Waals surface area contributed by atoms with Crippen LogP contribution in [0.2, 0.25) is 0 Å². The zero-order chi connectivity index (χ0) is 20.8. The minimum atomic E-state index is 0.171. The van der Waals surface area contributed by atoms with E-state index in [1.807, 2.05) is 10.9 Å². The number of piperidine rings is 1. The van der Waals surface area contributed by atoms with Crippen molar-refractivity contribution in [3.63, 3.8) is 0 Å². The Morgan fingerprint density at radius 3 is 2.67 bits per heavy atom. The van der Waals surface area contributed by atoms with Gasteiger partial charge in [-0.25, -0.2) is 14.6 Å². The molecule has 1 saturated heterocycles. The van der Waals surface area contributed by atoms with Crippen molar-refractivity contribution in [3.05, 3.63) is 6.20 Å². The van der Waals surface area contributed by atoms with E-state index < -0.39 is 0 Å². The second-order valence-electron chi connectivity index (χ2n) is 8.47. The number of carbonyl (C=O) groups excluding carboxylic acids is 1. The van der Waals surface area contributed by atoms with Gasteiger partial charge < -0.3 is 10.2 Å². The van der Waals surface area contributed by atoms with Gasteiger partial charge in [-0.3, -0.25) is 4.79 Å². The van der Waals surface area contributed by atoms with E-state index in [0.717, 1.165) is 40.9 Å². The second-order valence-corrected chi connectivity index (χ2v) is 9.70. The Morgan fingerprint density at radius 1 is 1.13 bits per heavy atom. The highest BCUT2D eigenvalue weighted by atomic mass is 32.2. The van der Waals surface area contributed by atoms with Crippen molar-refractivity contribution in [1.29, 1.82) is 0 Å². The summed E-state index contributed by atoms with van der Waals surface area (Å²) >= 11 is 1.67. The lowest BCUT2D eigenvalue weighted by atomic mass is 9.87. The zero-order valence-corrected chi connectivity index (χ0v) is 18.9. The van der Waals surface area contributed by atoms with Crippen LogP contribution in [0, 0.1) is 5.92 Å². The van der Waals surface area contributed by atoms with E-state index in [4.69, 9.17) is 9.97 Å². The van der Waals surface area contributed by atoms with Gasteiger partial charge in [0.2, 0.25) is 5.91 Å². The Hall–Kier alpha value is -1.83. The number of thioether (sulfide) groups is 1. The Kier molecular flexibility index (Phi) is 7.47. The summed E-state index contributed by atoms with van der Waals surface area (Å²) in [5, 5.41) is 9.52. The maximum absolute atomic E-state index is 12.3. The number of carbonyl (C=O) groups is 1. The molecule has 2 aromatic heterocycles. The summed E-state index contributed by atoms with van der Waals surface area (Å²) in [7, 11) is 0. The van der Waals surface area contributed by atoms with Gasteiger partial charge in [0.15, 0.2) is 10.8 Å². The molecule has 0 radical (unpaired) electrons. The zero-order valence-electron chi connectivity index (χ0n) is 18.1. The molecule has 0 atom stereocenters. The second kappa shape index (κ2) is 10.5. The van der Waals surface area contributed by atoms with E-state index in [2.05, 4.69) is 22.2 Å². The van der Waals surface area contributed by atoms with Crippen LogP contribution in [0.15, 0.2) is 11.4 Å². The average Bonchev–Trinajstić information content (AvgIpc) is 3.18. The first-order valence-corrected chi connectivity index (χ1v) is 12.6. The molecule has 8 heteroatoms. The van der Waals surface area contributed by atoms with E-state index in [-0.39, 0.29) is 5.91 Å². The van der Waals surface area contributed by atoms with E-state index >= 15 is 0 Å². The van der Waals surface area contributed by atoms with Crippen LogP contribution in [0.4, 0.5) is 5.82 Å². The van der Waals surface area contributed by atoms with E-state index in [1.165, 1.54) is 51.4 Å². The maximum atomic E-state index is 12.3. The van der Waals surface area contributed by atoms with Gasteiger partial charge in [-0.2, -0.15) is 5.10 Å². The fraction of sp³-hybridized carbons (Fsp3) is 0.727. The van der Waals surface area contributed by atoms with Gasteiger partial charge in [0.05, 0.1) is 18.1 Å². The molecule has 7 nitrogen and oxygen atoms in total. The summed E-state index contributed by atoms with van der Waals surface area (Å²) in [6.07, 6.45) is 12.5. The Balaban J connectivity index is 1.43. The summed E-state index contributed by atoms with van der Waals surface area (Å²) in [5.41, 5.74) is 0.878. The van der Waals surface area contributed by atoms with Crippen molar-refractivity contribution in [2.45, 2.75) is 76.4 Å². The van der Waals surface area contributed by atoms with Gasteiger partial charge in [0.1, 0.15) is 5.82 Å². The number of rotatable bonds is 8. The van der Waals surface area contributed by atoms with Gasteiger partial charge in [0.25, 0.3) is 0 Å². The smallest absolute Gasteiger partial charge is 0.220 e. The van der Waals surface area contributed by atoms with Crippen LogP contribution < -0.4 is 10.2 Å². The first-order valence-electron chi connectivity index (χ1n) is 11.6. The number of aromatic nitrogens is 4. The van der Waals surface area contributed by atoms with E-state index in [1.54, 1.807) is 11.8 Å². The number of nitrogens with zero attached hydrogens (tertiary/aromatic N) is 5. The van der Waals surface area contributed by atoms with Crippen LogP contribution in [-0.2, 0) is 11.3 Å².